The van der Waals surface area contributed by atoms with E-state index in [0.717, 1.165) is 35.5 Å². The average Bonchev–Trinajstić information content (AvgIpc) is 2.24. The van der Waals surface area contributed by atoms with Crippen molar-refractivity contribution in [2.45, 2.75) is 20.3 Å². The number of aromatic nitrogens is 1. The second-order valence-corrected chi connectivity index (χ2v) is 4.59. The average molecular weight is 292 g/mol. The van der Waals surface area contributed by atoms with Crippen LogP contribution in [-0.2, 0) is 0 Å². The van der Waals surface area contributed by atoms with E-state index in [-0.39, 0.29) is 0 Å². The second kappa shape index (κ2) is 6.33. The van der Waals surface area contributed by atoms with Gasteiger partial charge in [-0.3, -0.25) is 0 Å². The fraction of sp³-hybridized carbons (Fsp3) is 0.545. The summed E-state index contributed by atoms with van der Waals surface area (Å²) in [5.41, 5.74) is 1.02. The van der Waals surface area contributed by atoms with Crippen LogP contribution in [0.3, 0.4) is 0 Å². The fourth-order valence-electron chi connectivity index (χ4n) is 1.39. The number of hydrogen-bond donors (Lipinski definition) is 0. The van der Waals surface area contributed by atoms with Crippen LogP contribution in [0.15, 0.2) is 16.6 Å². The minimum atomic E-state index is 0.700. The molecule has 84 valence electrons. The molecule has 0 bridgehead atoms. The Morgan fingerprint density at radius 1 is 1.47 bits per heavy atom. The van der Waals surface area contributed by atoms with Crippen molar-refractivity contribution in [3.05, 3.63) is 22.3 Å². The first-order chi connectivity index (χ1) is 7.19. The van der Waals surface area contributed by atoms with Gasteiger partial charge in [0, 0.05) is 23.4 Å². The number of alkyl halides is 1. The monoisotopic (exact) mass is 290 g/mol. The first-order valence-corrected chi connectivity index (χ1v) is 6.45. The van der Waals surface area contributed by atoms with Crippen molar-refractivity contribution in [3.63, 3.8) is 0 Å². The Labute approximate surface area is 105 Å². The summed E-state index contributed by atoms with van der Waals surface area (Å²) in [5, 5.41) is 0. The molecular formula is C11H16BrClN2. The summed E-state index contributed by atoms with van der Waals surface area (Å²) in [6, 6.07) is 4.08. The second-order valence-electron chi connectivity index (χ2n) is 3.36. The molecule has 0 saturated heterocycles. The van der Waals surface area contributed by atoms with Crippen LogP contribution in [0.2, 0.25) is 0 Å². The first-order valence-electron chi connectivity index (χ1n) is 5.13. The molecule has 15 heavy (non-hydrogen) atoms. The quantitative estimate of drug-likeness (QED) is 0.771. The molecular weight excluding hydrogens is 275 g/mol. The third-order valence-corrected chi connectivity index (χ3v) is 3.38. The van der Waals surface area contributed by atoms with E-state index in [1.807, 2.05) is 19.1 Å². The van der Waals surface area contributed by atoms with Gasteiger partial charge in [-0.05, 0) is 48.3 Å². The van der Waals surface area contributed by atoms with Gasteiger partial charge in [-0.1, -0.05) is 0 Å². The molecule has 0 aliphatic heterocycles. The van der Waals surface area contributed by atoms with E-state index in [0.29, 0.717) is 5.88 Å². The van der Waals surface area contributed by atoms with Gasteiger partial charge in [0.05, 0.1) is 5.69 Å². The Balaban J connectivity index is 2.78. The predicted molar refractivity (Wildman–Crippen MR) is 69.9 cm³/mol. The lowest BCUT2D eigenvalue weighted by molar-refractivity contribution is 0.779. The lowest BCUT2D eigenvalue weighted by Crippen LogP contribution is -2.25. The highest BCUT2D eigenvalue weighted by Gasteiger charge is 2.06. The maximum absolute atomic E-state index is 5.69. The van der Waals surface area contributed by atoms with Crippen molar-refractivity contribution in [1.82, 2.24) is 4.98 Å². The van der Waals surface area contributed by atoms with E-state index in [9.17, 15) is 0 Å². The van der Waals surface area contributed by atoms with Gasteiger partial charge in [-0.25, -0.2) is 4.98 Å². The van der Waals surface area contributed by atoms with E-state index in [1.54, 1.807) is 0 Å². The molecule has 1 heterocycles. The number of hydrogen-bond acceptors (Lipinski definition) is 2. The molecule has 0 N–H and O–H groups in total. The molecule has 0 aromatic carbocycles. The summed E-state index contributed by atoms with van der Waals surface area (Å²) in [6.07, 6.45) is 0.992. The largest absolute Gasteiger partial charge is 0.357 e. The van der Waals surface area contributed by atoms with Gasteiger partial charge in [0.2, 0.25) is 0 Å². The van der Waals surface area contributed by atoms with Gasteiger partial charge in [0.15, 0.2) is 0 Å². The van der Waals surface area contributed by atoms with Crippen molar-refractivity contribution < 1.29 is 0 Å². The number of halogens is 2. The van der Waals surface area contributed by atoms with E-state index >= 15 is 0 Å². The van der Waals surface area contributed by atoms with Gasteiger partial charge >= 0.3 is 0 Å². The van der Waals surface area contributed by atoms with Gasteiger partial charge < -0.3 is 4.90 Å². The van der Waals surface area contributed by atoms with Crippen LogP contribution in [0.25, 0.3) is 0 Å². The molecule has 4 heteroatoms. The first kappa shape index (κ1) is 12.8. The van der Waals surface area contributed by atoms with Crippen molar-refractivity contribution in [1.29, 1.82) is 0 Å². The lowest BCUT2D eigenvalue weighted by Gasteiger charge is -2.21. The van der Waals surface area contributed by atoms with Crippen LogP contribution in [0, 0.1) is 6.92 Å². The third kappa shape index (κ3) is 3.65. The van der Waals surface area contributed by atoms with E-state index in [1.165, 1.54) is 0 Å². The Hall–Kier alpha value is -0.280. The highest BCUT2D eigenvalue weighted by molar-refractivity contribution is 9.10. The molecule has 0 amide bonds. The molecule has 2 nitrogen and oxygen atoms in total. The number of aryl methyl sites for hydroxylation is 1. The van der Waals surface area contributed by atoms with Crippen molar-refractivity contribution >= 4 is 33.3 Å². The van der Waals surface area contributed by atoms with Crippen molar-refractivity contribution in [2.75, 3.05) is 23.9 Å². The summed E-state index contributed by atoms with van der Waals surface area (Å²) < 4.78 is 1.06. The molecule has 0 aliphatic rings. The molecule has 1 rings (SSSR count). The molecule has 0 unspecified atom stereocenters. The normalized spacial score (nSPS) is 10.4. The minimum absolute atomic E-state index is 0.700. The van der Waals surface area contributed by atoms with Gasteiger partial charge in [0.1, 0.15) is 5.82 Å². The van der Waals surface area contributed by atoms with Crippen LogP contribution in [0.5, 0.6) is 0 Å². The summed E-state index contributed by atoms with van der Waals surface area (Å²) in [6.45, 7) is 6.06. The molecule has 0 spiro atoms. The summed E-state index contributed by atoms with van der Waals surface area (Å²) >= 11 is 9.14. The maximum Gasteiger partial charge on any atom is 0.128 e. The Bertz CT molecular complexity index is 317. The van der Waals surface area contributed by atoms with E-state index in [4.69, 9.17) is 11.6 Å². The zero-order valence-electron chi connectivity index (χ0n) is 9.13. The van der Waals surface area contributed by atoms with Crippen LogP contribution in [0.1, 0.15) is 19.0 Å². The molecule has 0 saturated carbocycles. The van der Waals surface area contributed by atoms with Crippen LogP contribution >= 0.6 is 27.5 Å². The highest BCUT2D eigenvalue weighted by atomic mass is 79.9. The van der Waals surface area contributed by atoms with Gasteiger partial charge in [-0.2, -0.15) is 0 Å². The van der Waals surface area contributed by atoms with Crippen LogP contribution in [0.4, 0.5) is 5.82 Å². The molecule has 0 aliphatic carbocycles. The predicted octanol–water partition coefficient (Wildman–Crippen LogP) is 3.61. The standard InChI is InChI=1S/C11H16BrClN2/c1-3-15(8-4-7-13)11-6-5-10(12)9(2)14-11/h5-6H,3-4,7-8H2,1-2H3. The smallest absolute Gasteiger partial charge is 0.128 e. The Morgan fingerprint density at radius 3 is 2.73 bits per heavy atom. The van der Waals surface area contributed by atoms with E-state index in [2.05, 4.69) is 32.7 Å². The summed E-state index contributed by atoms with van der Waals surface area (Å²) in [7, 11) is 0. The summed E-state index contributed by atoms with van der Waals surface area (Å²) in [5.74, 6) is 1.73. The third-order valence-electron chi connectivity index (χ3n) is 2.27. The number of nitrogens with zero attached hydrogens (tertiary/aromatic N) is 2. The molecule has 1 aromatic rings. The molecule has 1 aromatic heterocycles. The zero-order chi connectivity index (χ0) is 11.3. The minimum Gasteiger partial charge on any atom is -0.357 e. The van der Waals surface area contributed by atoms with Crippen LogP contribution in [-0.4, -0.2) is 24.0 Å². The molecule has 0 radical (unpaired) electrons. The SMILES string of the molecule is CCN(CCCCl)c1ccc(Br)c(C)n1. The van der Waals surface area contributed by atoms with Crippen molar-refractivity contribution in [2.24, 2.45) is 0 Å². The Kier molecular flexibility index (Phi) is 5.40. The van der Waals surface area contributed by atoms with Gasteiger partial charge in [-0.15, -0.1) is 11.6 Å². The lowest BCUT2D eigenvalue weighted by atomic mass is 10.3. The number of anilines is 1. The summed E-state index contributed by atoms with van der Waals surface area (Å²) in [4.78, 5) is 6.77. The Morgan fingerprint density at radius 2 is 2.20 bits per heavy atom. The van der Waals surface area contributed by atoms with Crippen molar-refractivity contribution in [3.8, 4) is 0 Å². The maximum atomic E-state index is 5.69. The fourth-order valence-corrected chi connectivity index (χ4v) is 1.73. The van der Waals surface area contributed by atoms with Crippen LogP contribution < -0.4 is 4.90 Å². The number of pyridine rings is 1. The molecule has 0 atom stereocenters. The molecule has 0 fully saturated rings. The van der Waals surface area contributed by atoms with Gasteiger partial charge in [0.25, 0.3) is 0 Å². The van der Waals surface area contributed by atoms with E-state index < -0.39 is 0 Å². The topological polar surface area (TPSA) is 16.1 Å². The number of rotatable bonds is 5. The highest BCUT2D eigenvalue weighted by Crippen LogP contribution is 2.19. The zero-order valence-corrected chi connectivity index (χ0v) is 11.5.